The number of unbranched alkanes of at least 4 members (excludes halogenated alkanes) is 1. The molecule has 0 aliphatic carbocycles. The molecule has 2 aliphatic heterocycles. The summed E-state index contributed by atoms with van der Waals surface area (Å²) in [4.78, 5) is 21.5. The number of benzene rings is 1. The number of fused-ring (bicyclic) bond motifs is 1. The molecule has 1 N–H and O–H groups in total. The zero-order chi connectivity index (χ0) is 22.9. The standard InChI is InChI=1S/C24H36FN5OS/c1-5-6-9-20(16-19-17-26-22-11-8-7-10-21(19)22)28(3)24(31)23-18-32(23,4)30(25)29-14-12-27(2)13-15-29/h7-8,10-11,17-18,20,26H,5-6,9,12-16H2,1-4H3/t20-/m0/s1. The Kier molecular flexibility index (Phi) is 6.95. The number of H-pyrrole nitrogens is 1. The molecule has 0 spiro atoms. The van der Waals surface area contributed by atoms with Crippen LogP contribution in [0.3, 0.4) is 0 Å². The van der Waals surface area contributed by atoms with Crippen molar-refractivity contribution in [1.82, 2.24) is 24.4 Å². The highest BCUT2D eigenvalue weighted by atomic mass is 32.3. The Labute approximate surface area is 192 Å². The van der Waals surface area contributed by atoms with Gasteiger partial charge in [-0.25, -0.2) is 5.01 Å². The highest BCUT2D eigenvalue weighted by molar-refractivity contribution is 8.42. The molecule has 8 heteroatoms. The molecule has 1 amide bonds. The van der Waals surface area contributed by atoms with E-state index in [1.54, 1.807) is 5.01 Å². The molecule has 32 heavy (non-hydrogen) atoms. The number of para-hydroxylation sites is 1. The number of halogens is 1. The van der Waals surface area contributed by atoms with E-state index >= 15 is 4.48 Å². The molecule has 0 bridgehead atoms. The second kappa shape index (κ2) is 9.55. The van der Waals surface area contributed by atoms with Gasteiger partial charge in [0.25, 0.3) is 5.91 Å². The molecule has 1 fully saturated rings. The summed E-state index contributed by atoms with van der Waals surface area (Å²) < 4.78 is 16.2. The third kappa shape index (κ3) is 4.59. The lowest BCUT2D eigenvalue weighted by Crippen LogP contribution is -2.49. The number of nitrogens with zero attached hydrogens (tertiary/aromatic N) is 4. The molecule has 1 saturated heterocycles. The number of amides is 1. The van der Waals surface area contributed by atoms with Crippen LogP contribution in [0.1, 0.15) is 31.7 Å². The van der Waals surface area contributed by atoms with Crippen molar-refractivity contribution >= 4 is 27.0 Å². The SMILES string of the molecule is CCCC[C@@H](Cc1c[nH]c2ccccc12)N(C)C(=O)C1=CS1(C)N(F)N1CCN(C)CC1. The Morgan fingerprint density at radius 2 is 1.97 bits per heavy atom. The number of likely N-dealkylation sites (N-methyl/N-ethyl adjacent to an activating group) is 2. The predicted molar refractivity (Wildman–Crippen MR) is 132 cm³/mol. The molecule has 0 saturated carbocycles. The number of nitrogens with one attached hydrogen (secondary N) is 1. The second-order valence-corrected chi connectivity index (χ2v) is 12.0. The monoisotopic (exact) mass is 461 g/mol. The van der Waals surface area contributed by atoms with Gasteiger partial charge < -0.3 is 14.8 Å². The molecule has 176 valence electrons. The van der Waals surface area contributed by atoms with Gasteiger partial charge in [0.15, 0.2) is 0 Å². The zero-order valence-corrected chi connectivity index (χ0v) is 20.5. The number of hydrogen-bond acceptors (Lipinski definition) is 4. The van der Waals surface area contributed by atoms with Gasteiger partial charge in [-0.1, -0.05) is 48.2 Å². The van der Waals surface area contributed by atoms with E-state index in [1.807, 2.05) is 35.7 Å². The quantitative estimate of drug-likeness (QED) is 0.566. The summed E-state index contributed by atoms with van der Waals surface area (Å²) in [5.41, 5.74) is 2.35. The normalized spacial score (nSPS) is 24.9. The van der Waals surface area contributed by atoms with Crippen molar-refractivity contribution in [2.45, 2.75) is 38.6 Å². The summed E-state index contributed by atoms with van der Waals surface area (Å²) in [5, 5.41) is 4.82. The van der Waals surface area contributed by atoms with Gasteiger partial charge in [-0.05, 0) is 47.8 Å². The van der Waals surface area contributed by atoms with Gasteiger partial charge in [0.2, 0.25) is 0 Å². The number of aromatic nitrogens is 1. The van der Waals surface area contributed by atoms with Crippen molar-refractivity contribution < 1.29 is 9.28 Å². The average Bonchev–Trinajstić information content (AvgIpc) is 3.34. The summed E-state index contributed by atoms with van der Waals surface area (Å²) in [6.45, 7) is 5.15. The van der Waals surface area contributed by atoms with Crippen LogP contribution in [-0.4, -0.2) is 82.9 Å². The number of carbonyl (C=O) groups is 1. The summed E-state index contributed by atoms with van der Waals surface area (Å²) in [7, 11) is 2.00. The zero-order valence-electron chi connectivity index (χ0n) is 19.7. The van der Waals surface area contributed by atoms with Crippen molar-refractivity contribution in [3.8, 4) is 0 Å². The van der Waals surface area contributed by atoms with Crippen molar-refractivity contribution in [2.75, 3.05) is 46.5 Å². The minimum atomic E-state index is -1.94. The van der Waals surface area contributed by atoms with E-state index in [4.69, 9.17) is 0 Å². The topological polar surface area (TPSA) is 45.8 Å². The third-order valence-electron chi connectivity index (χ3n) is 6.84. The number of carbonyl (C=O) groups excluding carboxylic acids is 1. The number of hydrogen-bond donors (Lipinski definition) is 1. The fourth-order valence-electron chi connectivity index (χ4n) is 4.50. The molecule has 0 radical (unpaired) electrons. The number of aromatic amines is 1. The van der Waals surface area contributed by atoms with E-state index < -0.39 is 10.2 Å². The maximum Gasteiger partial charge on any atom is 0.260 e. The van der Waals surface area contributed by atoms with Gasteiger partial charge in [0.05, 0.1) is 4.91 Å². The van der Waals surface area contributed by atoms with E-state index in [9.17, 15) is 4.79 Å². The lowest BCUT2D eigenvalue weighted by atomic mass is 9.99. The van der Waals surface area contributed by atoms with Crippen molar-refractivity contribution in [3.63, 3.8) is 0 Å². The first-order valence-electron chi connectivity index (χ1n) is 11.6. The highest BCUT2D eigenvalue weighted by Gasteiger charge is 2.49. The van der Waals surface area contributed by atoms with Gasteiger partial charge in [0.1, 0.15) is 0 Å². The van der Waals surface area contributed by atoms with E-state index in [2.05, 4.69) is 42.2 Å². The molecule has 1 aromatic heterocycles. The Morgan fingerprint density at radius 1 is 1.25 bits per heavy atom. The molecule has 3 heterocycles. The van der Waals surface area contributed by atoms with Crippen LogP contribution >= 0.6 is 10.2 Å². The molecule has 2 atom stereocenters. The van der Waals surface area contributed by atoms with Gasteiger partial charge in [-0.2, -0.15) is 0 Å². The average molecular weight is 462 g/mol. The van der Waals surface area contributed by atoms with Crippen LogP contribution in [-0.2, 0) is 11.2 Å². The molecular formula is C24H36FN5OS. The Balaban J connectivity index is 1.44. The summed E-state index contributed by atoms with van der Waals surface area (Å²) in [6.07, 6.45) is 7.82. The number of piperazine rings is 1. The smallest absolute Gasteiger partial charge is 0.260 e. The van der Waals surface area contributed by atoms with E-state index in [1.165, 1.54) is 10.9 Å². The van der Waals surface area contributed by atoms with E-state index in [0.717, 1.165) is 48.9 Å². The first-order chi connectivity index (χ1) is 15.3. The molecule has 1 aromatic carbocycles. The molecule has 2 aromatic rings. The van der Waals surface area contributed by atoms with Crippen LogP contribution in [0.25, 0.3) is 10.9 Å². The van der Waals surface area contributed by atoms with E-state index in [-0.39, 0.29) is 11.9 Å². The maximum absolute atomic E-state index is 15.3. The Morgan fingerprint density at radius 3 is 2.69 bits per heavy atom. The largest absolute Gasteiger partial charge is 0.361 e. The van der Waals surface area contributed by atoms with Gasteiger partial charge in [0, 0.05) is 56.4 Å². The molecule has 2 aliphatic rings. The lowest BCUT2D eigenvalue weighted by molar-refractivity contribution is -0.127. The van der Waals surface area contributed by atoms with Gasteiger partial charge in [-0.15, -0.1) is 4.48 Å². The third-order valence-corrected chi connectivity index (χ3v) is 9.32. The lowest BCUT2D eigenvalue weighted by Gasteiger charge is -2.40. The minimum Gasteiger partial charge on any atom is -0.361 e. The van der Waals surface area contributed by atoms with Crippen LogP contribution in [0, 0.1) is 0 Å². The molecular weight excluding hydrogens is 425 g/mol. The van der Waals surface area contributed by atoms with Crippen LogP contribution in [0.2, 0.25) is 0 Å². The van der Waals surface area contributed by atoms with Crippen molar-refractivity contribution in [3.05, 3.63) is 46.3 Å². The predicted octanol–water partition coefficient (Wildman–Crippen LogP) is 4.28. The fourth-order valence-corrected chi connectivity index (χ4v) is 6.77. The Hall–Kier alpha value is -1.87. The molecule has 1 unspecified atom stereocenters. The van der Waals surface area contributed by atoms with Gasteiger partial charge in [-0.3, -0.25) is 4.79 Å². The first-order valence-corrected chi connectivity index (χ1v) is 13.6. The van der Waals surface area contributed by atoms with Crippen LogP contribution in [0.15, 0.2) is 40.8 Å². The minimum absolute atomic E-state index is 0.0276. The molecule has 4 rings (SSSR count). The van der Waals surface area contributed by atoms with Crippen LogP contribution in [0.4, 0.5) is 4.48 Å². The first kappa shape index (κ1) is 23.3. The number of rotatable bonds is 9. The maximum atomic E-state index is 15.3. The molecule has 6 nitrogen and oxygen atoms in total. The highest BCUT2D eigenvalue weighted by Crippen LogP contribution is 2.71. The summed E-state index contributed by atoms with van der Waals surface area (Å²) >= 11 is 0. The van der Waals surface area contributed by atoms with Gasteiger partial charge >= 0.3 is 0 Å². The Bertz CT molecular complexity index is 986. The second-order valence-electron chi connectivity index (χ2n) is 9.18. The van der Waals surface area contributed by atoms with Crippen LogP contribution in [0.5, 0.6) is 0 Å². The fraction of sp³-hybridized carbons (Fsp3) is 0.542. The number of hydrazine groups is 1. The van der Waals surface area contributed by atoms with E-state index in [0.29, 0.717) is 18.0 Å². The van der Waals surface area contributed by atoms with Crippen molar-refractivity contribution in [1.29, 1.82) is 0 Å². The summed E-state index contributed by atoms with van der Waals surface area (Å²) in [5.74, 6) is -0.0276. The summed E-state index contributed by atoms with van der Waals surface area (Å²) in [6, 6.07) is 8.37. The van der Waals surface area contributed by atoms with Crippen molar-refractivity contribution in [2.24, 2.45) is 0 Å². The van der Waals surface area contributed by atoms with Crippen LogP contribution < -0.4 is 0 Å².